The van der Waals surface area contributed by atoms with E-state index in [9.17, 15) is 10.1 Å². The van der Waals surface area contributed by atoms with Crippen LogP contribution in [0.2, 0.25) is 5.02 Å². The van der Waals surface area contributed by atoms with Crippen LogP contribution in [-0.4, -0.2) is 14.3 Å². The highest BCUT2D eigenvalue weighted by molar-refractivity contribution is 14.1. The van der Waals surface area contributed by atoms with Gasteiger partial charge in [-0.15, -0.1) is 0 Å². The number of imidazole rings is 1. The van der Waals surface area contributed by atoms with Crippen molar-refractivity contribution in [3.8, 4) is 0 Å². The molecule has 0 amide bonds. The molecule has 5 nitrogen and oxygen atoms in total. The summed E-state index contributed by atoms with van der Waals surface area (Å²) in [6, 6.07) is 1.70. The lowest BCUT2D eigenvalue weighted by Crippen LogP contribution is -1.94. The summed E-state index contributed by atoms with van der Waals surface area (Å²) in [6.07, 6.45) is 2.77. The Morgan fingerprint density at radius 2 is 2.36 bits per heavy atom. The van der Waals surface area contributed by atoms with Gasteiger partial charge >= 0.3 is 5.82 Å². The van der Waals surface area contributed by atoms with Crippen LogP contribution in [0.15, 0.2) is 18.5 Å². The molecule has 72 valence electrons. The van der Waals surface area contributed by atoms with Crippen LogP contribution in [-0.2, 0) is 0 Å². The van der Waals surface area contributed by atoms with Crippen LogP contribution in [0.5, 0.6) is 0 Å². The smallest absolute Gasteiger partial charge is 0.347 e. The minimum absolute atomic E-state index is 0.0849. The van der Waals surface area contributed by atoms with Crippen LogP contribution in [0, 0.1) is 13.7 Å². The first-order valence-corrected chi connectivity index (χ1v) is 5.02. The van der Waals surface area contributed by atoms with Gasteiger partial charge in [-0.3, -0.25) is 0 Å². The molecular formula is C7H3ClIN3O2. The fourth-order valence-electron chi connectivity index (χ4n) is 1.12. The van der Waals surface area contributed by atoms with Crippen molar-refractivity contribution in [3.05, 3.63) is 37.2 Å². The maximum absolute atomic E-state index is 10.6. The molecule has 0 bridgehead atoms. The zero-order chi connectivity index (χ0) is 10.3. The quantitative estimate of drug-likeness (QED) is 0.460. The maximum Gasteiger partial charge on any atom is 0.347 e. The van der Waals surface area contributed by atoms with Gasteiger partial charge in [-0.2, -0.15) is 4.40 Å². The second kappa shape index (κ2) is 3.35. The molecule has 0 saturated heterocycles. The molecule has 0 unspecified atom stereocenters. The van der Waals surface area contributed by atoms with Crippen molar-refractivity contribution in [2.24, 2.45) is 0 Å². The lowest BCUT2D eigenvalue weighted by Gasteiger charge is -1.95. The van der Waals surface area contributed by atoms with E-state index in [1.54, 1.807) is 12.3 Å². The minimum Gasteiger partial charge on any atom is -0.358 e. The molecule has 14 heavy (non-hydrogen) atoms. The third-order valence-electron chi connectivity index (χ3n) is 1.74. The molecule has 7 heteroatoms. The van der Waals surface area contributed by atoms with Crippen LogP contribution < -0.4 is 0 Å². The standard InChI is InChI=1S/C7H3ClIN3O2/c8-6-4(9)1-2-11-5(12(13)14)3-10-7(6)11/h1-3H. The molecule has 0 aliphatic heterocycles. The molecule has 0 atom stereocenters. The van der Waals surface area contributed by atoms with Crippen molar-refractivity contribution < 1.29 is 4.92 Å². The van der Waals surface area contributed by atoms with Crippen LogP contribution in [0.25, 0.3) is 5.65 Å². The van der Waals surface area contributed by atoms with Crippen LogP contribution in [0.3, 0.4) is 0 Å². The largest absolute Gasteiger partial charge is 0.358 e. The molecule has 0 spiro atoms. The van der Waals surface area contributed by atoms with E-state index in [4.69, 9.17) is 11.6 Å². The van der Waals surface area contributed by atoms with E-state index < -0.39 is 4.92 Å². The van der Waals surface area contributed by atoms with Crippen LogP contribution >= 0.6 is 34.2 Å². The SMILES string of the molecule is O=[N+]([O-])c1cnc2c(Cl)c(I)ccn12. The Kier molecular flexibility index (Phi) is 2.31. The molecule has 0 radical (unpaired) electrons. The van der Waals surface area contributed by atoms with E-state index in [0.29, 0.717) is 10.7 Å². The fourth-order valence-corrected chi connectivity index (χ4v) is 1.72. The highest BCUT2D eigenvalue weighted by Crippen LogP contribution is 2.25. The average molecular weight is 323 g/mol. The van der Waals surface area contributed by atoms with Crippen molar-refractivity contribution in [3.63, 3.8) is 0 Å². The lowest BCUT2D eigenvalue weighted by molar-refractivity contribution is -0.390. The highest BCUT2D eigenvalue weighted by atomic mass is 127. The summed E-state index contributed by atoms with van der Waals surface area (Å²) in [7, 11) is 0. The zero-order valence-electron chi connectivity index (χ0n) is 6.65. The van der Waals surface area contributed by atoms with Gasteiger partial charge in [0.05, 0.1) is 6.20 Å². The Labute approximate surface area is 97.0 Å². The Balaban J connectivity index is 2.83. The summed E-state index contributed by atoms with van der Waals surface area (Å²) in [5.74, 6) is -0.0849. The summed E-state index contributed by atoms with van der Waals surface area (Å²) >= 11 is 7.97. The maximum atomic E-state index is 10.6. The molecule has 0 saturated carbocycles. The Bertz CT molecular complexity index is 525. The lowest BCUT2D eigenvalue weighted by atomic mass is 10.5. The molecule has 2 rings (SSSR count). The molecule has 2 aromatic heterocycles. The number of aromatic nitrogens is 2. The van der Waals surface area contributed by atoms with Gasteiger partial charge in [0.25, 0.3) is 0 Å². The number of pyridine rings is 1. The number of nitrogens with zero attached hydrogens (tertiary/aromatic N) is 3. The Hall–Kier alpha value is -0.890. The normalized spacial score (nSPS) is 10.7. The van der Waals surface area contributed by atoms with E-state index >= 15 is 0 Å². The predicted molar refractivity (Wildman–Crippen MR) is 59.6 cm³/mol. The van der Waals surface area contributed by atoms with Crippen molar-refractivity contribution >= 4 is 45.7 Å². The summed E-state index contributed by atoms with van der Waals surface area (Å²) in [4.78, 5) is 14.0. The number of fused-ring (bicyclic) bond motifs is 1. The second-order valence-corrected chi connectivity index (χ2v) is 4.08. The first-order chi connectivity index (χ1) is 6.61. The topological polar surface area (TPSA) is 60.4 Å². The molecule has 0 fully saturated rings. The molecule has 0 aliphatic carbocycles. The molecule has 2 heterocycles. The summed E-state index contributed by atoms with van der Waals surface area (Å²) in [5.41, 5.74) is 0.408. The first kappa shape index (κ1) is 9.66. The van der Waals surface area contributed by atoms with Crippen molar-refractivity contribution in [2.75, 3.05) is 0 Å². The monoisotopic (exact) mass is 323 g/mol. The zero-order valence-corrected chi connectivity index (χ0v) is 9.56. The van der Waals surface area contributed by atoms with Gasteiger partial charge in [0.15, 0.2) is 0 Å². The minimum atomic E-state index is -0.497. The Morgan fingerprint density at radius 1 is 1.64 bits per heavy atom. The average Bonchev–Trinajstić information content (AvgIpc) is 2.55. The summed E-state index contributed by atoms with van der Waals surface area (Å²) in [6.45, 7) is 0. The third-order valence-corrected chi connectivity index (χ3v) is 3.33. The van der Waals surface area contributed by atoms with E-state index in [1.165, 1.54) is 10.6 Å². The summed E-state index contributed by atoms with van der Waals surface area (Å²) in [5, 5.41) is 11.0. The van der Waals surface area contributed by atoms with Crippen LogP contribution in [0.4, 0.5) is 5.82 Å². The molecular weight excluding hydrogens is 320 g/mol. The Morgan fingerprint density at radius 3 is 3.00 bits per heavy atom. The first-order valence-electron chi connectivity index (χ1n) is 3.56. The van der Waals surface area contributed by atoms with Crippen molar-refractivity contribution in [1.29, 1.82) is 0 Å². The number of hydrogen-bond acceptors (Lipinski definition) is 3. The van der Waals surface area contributed by atoms with Gasteiger partial charge in [-0.1, -0.05) is 11.6 Å². The molecule has 0 N–H and O–H groups in total. The molecule has 0 aliphatic rings. The number of rotatable bonds is 1. The van der Waals surface area contributed by atoms with Crippen LogP contribution in [0.1, 0.15) is 0 Å². The van der Waals surface area contributed by atoms with Gasteiger partial charge in [0.1, 0.15) is 11.2 Å². The van der Waals surface area contributed by atoms with E-state index in [0.717, 1.165) is 3.57 Å². The van der Waals surface area contributed by atoms with E-state index in [-0.39, 0.29) is 5.82 Å². The third kappa shape index (κ3) is 1.34. The van der Waals surface area contributed by atoms with Crippen molar-refractivity contribution in [1.82, 2.24) is 9.38 Å². The predicted octanol–water partition coefficient (Wildman–Crippen LogP) is 2.50. The number of nitro groups is 1. The van der Waals surface area contributed by atoms with Gasteiger partial charge in [-0.05, 0) is 33.6 Å². The number of hydrogen-bond donors (Lipinski definition) is 0. The van der Waals surface area contributed by atoms with Crippen molar-refractivity contribution in [2.45, 2.75) is 0 Å². The molecule has 2 aromatic rings. The summed E-state index contributed by atoms with van der Waals surface area (Å²) < 4.78 is 2.17. The molecule has 0 aromatic carbocycles. The van der Waals surface area contributed by atoms with Gasteiger partial charge in [0.2, 0.25) is 5.65 Å². The number of halogens is 2. The fraction of sp³-hybridized carbons (Fsp3) is 0. The van der Waals surface area contributed by atoms with Gasteiger partial charge in [0, 0.05) is 3.57 Å². The van der Waals surface area contributed by atoms with Gasteiger partial charge in [-0.25, -0.2) is 4.98 Å². The highest BCUT2D eigenvalue weighted by Gasteiger charge is 2.17. The van der Waals surface area contributed by atoms with Gasteiger partial charge < -0.3 is 10.1 Å². The second-order valence-electron chi connectivity index (χ2n) is 2.54. The van der Waals surface area contributed by atoms with E-state index in [2.05, 4.69) is 4.98 Å². The van der Waals surface area contributed by atoms with E-state index in [1.807, 2.05) is 22.6 Å².